The summed E-state index contributed by atoms with van der Waals surface area (Å²) in [5.74, 6) is -1.85. The number of ether oxygens (including phenoxy) is 1. The standard InChI is InChI=1S/C34H43N6O8/c1-29(2)30(3,4)36(43)25(35(29)42)20-14-13-15-22(18-20)28(41)48-24-17-16-21(26-37(44)31(5,6)32(7,8)38(26)45)19-23(24)27-39(46)33(9,10)34(11,12)40(27)47/h13-19H,1-12H3. The molecule has 3 aliphatic rings. The Labute approximate surface area is 280 Å². The van der Waals surface area contributed by atoms with Crippen LogP contribution in [0.3, 0.4) is 0 Å². The van der Waals surface area contributed by atoms with E-state index in [1.54, 1.807) is 83.1 Å². The molecule has 48 heavy (non-hydrogen) atoms. The molecule has 0 aromatic heterocycles. The zero-order valence-corrected chi connectivity index (χ0v) is 29.5. The van der Waals surface area contributed by atoms with Crippen molar-refractivity contribution in [2.24, 2.45) is 0 Å². The monoisotopic (exact) mass is 663 g/mol. The number of nitrogens with zero attached hydrogens (tertiary/aromatic N) is 6. The van der Waals surface area contributed by atoms with Crippen LogP contribution in [0.1, 0.15) is 110 Å². The number of esters is 1. The highest BCUT2D eigenvalue weighted by molar-refractivity contribution is 6.04. The first kappa shape index (κ1) is 34.9. The molecular formula is C34H43N6O8. The lowest BCUT2D eigenvalue weighted by Gasteiger charge is -2.32. The minimum absolute atomic E-state index is 0.0143. The van der Waals surface area contributed by atoms with Crippen molar-refractivity contribution >= 4 is 23.5 Å². The second-order valence-electron chi connectivity index (χ2n) is 15.8. The van der Waals surface area contributed by atoms with E-state index in [-0.39, 0.29) is 45.5 Å². The van der Waals surface area contributed by atoms with Crippen LogP contribution in [-0.4, -0.2) is 86.1 Å². The number of rotatable bonds is 5. The van der Waals surface area contributed by atoms with Crippen LogP contribution in [0.5, 0.6) is 5.75 Å². The Morgan fingerprint density at radius 2 is 0.979 bits per heavy atom. The van der Waals surface area contributed by atoms with E-state index in [2.05, 4.69) is 0 Å². The summed E-state index contributed by atoms with van der Waals surface area (Å²) in [4.78, 5) is 13.7. The Hall–Kier alpha value is -4.40. The Bertz CT molecular complexity index is 1820. The number of benzene rings is 2. The van der Waals surface area contributed by atoms with Crippen molar-refractivity contribution in [3.63, 3.8) is 0 Å². The van der Waals surface area contributed by atoms with E-state index in [0.29, 0.717) is 29.4 Å². The van der Waals surface area contributed by atoms with Gasteiger partial charge in [0.25, 0.3) is 0 Å². The third-order valence-corrected chi connectivity index (χ3v) is 11.7. The van der Waals surface area contributed by atoms with Gasteiger partial charge in [-0.3, -0.25) is 14.2 Å². The van der Waals surface area contributed by atoms with Crippen molar-refractivity contribution in [1.29, 1.82) is 0 Å². The molecule has 257 valence electrons. The second-order valence-corrected chi connectivity index (χ2v) is 15.8. The van der Waals surface area contributed by atoms with E-state index >= 15 is 0 Å². The molecule has 0 unspecified atom stereocenters. The molecular weight excluding hydrogens is 620 g/mol. The molecule has 0 fully saturated rings. The highest BCUT2D eigenvalue weighted by atomic mass is 16.6. The van der Waals surface area contributed by atoms with Crippen LogP contribution >= 0.6 is 0 Å². The summed E-state index contributed by atoms with van der Waals surface area (Å²) in [6.07, 6.45) is 0. The van der Waals surface area contributed by atoms with Gasteiger partial charge in [-0.2, -0.15) is 0 Å². The summed E-state index contributed by atoms with van der Waals surface area (Å²) in [6.45, 7) is 19.6. The van der Waals surface area contributed by atoms with Crippen LogP contribution < -0.4 is 4.74 Å². The first-order valence-corrected chi connectivity index (χ1v) is 15.7. The SMILES string of the molecule is CC1(C)N([O])C(c2cccc(C(=O)Oc3ccc(C4=[N+]([O-])C(C)(C)C(C)(C)N4[O])cc3C3=[N+]([O-])C(C)(C)C(C)(C)N3[O])c2)=[N+]([O-])C1(C)C. The van der Waals surface area contributed by atoms with Crippen molar-refractivity contribution < 1.29 is 39.4 Å². The lowest BCUT2D eigenvalue weighted by atomic mass is 9.84. The third-order valence-electron chi connectivity index (χ3n) is 11.7. The van der Waals surface area contributed by atoms with Crippen LogP contribution in [-0.2, 0) is 15.6 Å². The van der Waals surface area contributed by atoms with Crippen molar-refractivity contribution in [2.45, 2.75) is 116 Å². The summed E-state index contributed by atoms with van der Waals surface area (Å²) in [5.41, 5.74) is -6.71. The fraction of sp³-hybridized carbons (Fsp3) is 0.529. The van der Waals surface area contributed by atoms with Gasteiger partial charge in [0.05, 0.1) is 16.7 Å². The molecule has 3 radical (unpaired) electrons. The Balaban J connectivity index is 1.63. The molecule has 0 amide bonds. The third kappa shape index (κ3) is 4.35. The Morgan fingerprint density at radius 3 is 1.38 bits per heavy atom. The largest absolute Gasteiger partial charge is 0.714 e. The van der Waals surface area contributed by atoms with Crippen molar-refractivity contribution in [2.75, 3.05) is 0 Å². The molecule has 0 aliphatic carbocycles. The highest BCUT2D eigenvalue weighted by Gasteiger charge is 2.63. The molecule has 0 saturated carbocycles. The molecule has 0 bridgehead atoms. The van der Waals surface area contributed by atoms with Crippen molar-refractivity contribution in [3.05, 3.63) is 80.3 Å². The van der Waals surface area contributed by atoms with Crippen LogP contribution in [0.15, 0.2) is 42.5 Å². The number of carbonyl (C=O) groups excluding carboxylic acids is 1. The Kier molecular flexibility index (Phi) is 7.49. The molecule has 0 spiro atoms. The van der Waals surface area contributed by atoms with Crippen molar-refractivity contribution in [1.82, 2.24) is 15.2 Å². The molecule has 14 heteroatoms. The smallest absolute Gasteiger partial charge is 0.343 e. The summed E-state index contributed by atoms with van der Waals surface area (Å²) in [6, 6.07) is 9.89. The maximum absolute atomic E-state index is 13.8. The maximum Gasteiger partial charge on any atom is 0.343 e. The van der Waals surface area contributed by atoms with E-state index in [1.165, 1.54) is 42.5 Å². The minimum atomic E-state index is -1.23. The number of amidine groups is 3. The lowest BCUT2D eigenvalue weighted by molar-refractivity contribution is -0.540. The molecule has 14 nitrogen and oxygen atoms in total. The summed E-state index contributed by atoms with van der Waals surface area (Å²) in [5, 5.41) is 82.8. The fourth-order valence-corrected chi connectivity index (χ4v) is 5.89. The normalized spacial score (nSPS) is 23.4. The topological polar surface area (TPSA) is 174 Å². The predicted octanol–water partition coefficient (Wildman–Crippen LogP) is 4.33. The van der Waals surface area contributed by atoms with Gasteiger partial charge in [-0.15, -0.1) is 0 Å². The number of hydrogen-bond acceptors (Lipinski definition) is 8. The molecule has 0 saturated heterocycles. The van der Waals surface area contributed by atoms with E-state index in [4.69, 9.17) is 4.74 Å². The van der Waals surface area contributed by atoms with Crippen LogP contribution in [0.25, 0.3) is 0 Å². The summed E-state index contributed by atoms with van der Waals surface area (Å²) < 4.78 is 7.59. The first-order chi connectivity index (χ1) is 21.8. The molecule has 0 N–H and O–H groups in total. The zero-order chi connectivity index (χ0) is 36.3. The van der Waals surface area contributed by atoms with E-state index < -0.39 is 39.2 Å². The van der Waals surface area contributed by atoms with Gasteiger partial charge < -0.3 is 20.4 Å². The van der Waals surface area contributed by atoms with Crippen LogP contribution in [0, 0.1) is 15.6 Å². The Morgan fingerprint density at radius 1 is 0.583 bits per heavy atom. The van der Waals surface area contributed by atoms with Gasteiger partial charge >= 0.3 is 23.5 Å². The average Bonchev–Trinajstić information content (AvgIpc) is 3.27. The molecule has 3 aliphatic heterocycles. The van der Waals surface area contributed by atoms with Gasteiger partial charge in [0.1, 0.15) is 27.9 Å². The first-order valence-electron chi connectivity index (χ1n) is 15.7. The van der Waals surface area contributed by atoms with Crippen molar-refractivity contribution in [3.8, 4) is 5.75 Å². The van der Waals surface area contributed by atoms with Crippen LogP contribution in [0.4, 0.5) is 0 Å². The van der Waals surface area contributed by atoms with Gasteiger partial charge in [0.2, 0.25) is 0 Å². The van der Waals surface area contributed by atoms with Gasteiger partial charge in [-0.1, -0.05) is 21.3 Å². The molecule has 2 aromatic rings. The van der Waals surface area contributed by atoms with E-state index in [0.717, 1.165) is 0 Å². The molecule has 0 atom stereocenters. The quantitative estimate of drug-likeness (QED) is 0.197. The summed E-state index contributed by atoms with van der Waals surface area (Å²) >= 11 is 0. The van der Waals surface area contributed by atoms with E-state index in [1.807, 2.05) is 0 Å². The molecule has 3 heterocycles. The fourth-order valence-electron chi connectivity index (χ4n) is 5.89. The number of hydrogen-bond donors (Lipinski definition) is 0. The molecule has 2 aromatic carbocycles. The number of hydroxylamine groups is 9. The van der Waals surface area contributed by atoms with E-state index in [9.17, 15) is 36.0 Å². The predicted molar refractivity (Wildman–Crippen MR) is 173 cm³/mol. The van der Waals surface area contributed by atoms with Crippen LogP contribution in [0.2, 0.25) is 0 Å². The zero-order valence-electron chi connectivity index (χ0n) is 29.5. The summed E-state index contributed by atoms with van der Waals surface area (Å²) in [7, 11) is 0. The molecule has 5 rings (SSSR count). The lowest BCUT2D eigenvalue weighted by Crippen LogP contribution is -2.53. The van der Waals surface area contributed by atoms with Gasteiger partial charge in [-0.05, 0) is 119 Å². The van der Waals surface area contributed by atoms with Gasteiger partial charge in [-0.25, -0.2) is 4.79 Å². The minimum Gasteiger partial charge on any atom is -0.714 e. The number of carbonyl (C=O) groups is 1. The second kappa shape index (κ2) is 10.3. The van der Waals surface area contributed by atoms with Gasteiger partial charge in [0.15, 0.2) is 16.6 Å². The maximum atomic E-state index is 13.8. The highest BCUT2D eigenvalue weighted by Crippen LogP contribution is 2.42. The average molecular weight is 664 g/mol. The van der Waals surface area contributed by atoms with Gasteiger partial charge in [0, 0.05) is 15.6 Å².